The second-order valence-electron chi connectivity index (χ2n) is 10.8. The van der Waals surface area contributed by atoms with Gasteiger partial charge >= 0.3 is 6.03 Å². The molecule has 41 heavy (non-hydrogen) atoms. The molecule has 1 atom stereocenters. The lowest BCUT2D eigenvalue weighted by Crippen LogP contribution is -2.43. The number of ether oxygens (including phenoxy) is 1. The number of carbonyl (C=O) groups excluding carboxylic acids is 1. The zero-order valence-corrected chi connectivity index (χ0v) is 24.2. The lowest BCUT2D eigenvalue weighted by atomic mass is 10.00. The number of anilines is 1. The van der Waals surface area contributed by atoms with Crippen molar-refractivity contribution in [3.8, 4) is 0 Å². The minimum absolute atomic E-state index is 0.0358. The first-order valence-corrected chi connectivity index (χ1v) is 14.6. The summed E-state index contributed by atoms with van der Waals surface area (Å²) < 4.78 is 5.50. The maximum atomic E-state index is 13.7. The van der Waals surface area contributed by atoms with Gasteiger partial charge in [0.05, 0.1) is 19.3 Å². The number of nitrogens with one attached hydrogen (secondary N) is 1. The SMILES string of the molecule is C[C@H](NC(=O)N(CCCN1CCOCC1)Cc1ccc(CN(C)c2ccccn2)cc1)c1cccc2ccccc12. The van der Waals surface area contributed by atoms with Crippen molar-refractivity contribution in [3.63, 3.8) is 0 Å². The predicted molar refractivity (Wildman–Crippen MR) is 166 cm³/mol. The molecule has 1 aliphatic rings. The average molecular weight is 552 g/mol. The number of aromatic nitrogens is 1. The number of hydrogen-bond acceptors (Lipinski definition) is 5. The Kier molecular flexibility index (Phi) is 9.83. The molecule has 5 rings (SSSR count). The van der Waals surface area contributed by atoms with Crippen molar-refractivity contribution < 1.29 is 9.53 Å². The van der Waals surface area contributed by atoms with Gasteiger partial charge in [0.15, 0.2) is 0 Å². The molecule has 1 aromatic heterocycles. The van der Waals surface area contributed by atoms with Crippen molar-refractivity contribution in [1.82, 2.24) is 20.1 Å². The molecule has 0 unspecified atom stereocenters. The molecule has 0 saturated carbocycles. The van der Waals surface area contributed by atoms with Crippen LogP contribution in [0.1, 0.15) is 36.1 Å². The van der Waals surface area contributed by atoms with Crippen LogP contribution in [-0.4, -0.2) is 67.3 Å². The fourth-order valence-electron chi connectivity index (χ4n) is 5.45. The fourth-order valence-corrected chi connectivity index (χ4v) is 5.45. The Hall–Kier alpha value is -3.94. The topological polar surface area (TPSA) is 60.9 Å². The number of carbonyl (C=O) groups is 1. The van der Waals surface area contributed by atoms with Crippen LogP contribution < -0.4 is 10.2 Å². The van der Waals surface area contributed by atoms with Gasteiger partial charge in [0, 0.05) is 52.5 Å². The highest BCUT2D eigenvalue weighted by Gasteiger charge is 2.19. The molecule has 3 aromatic carbocycles. The number of fused-ring (bicyclic) bond motifs is 1. The van der Waals surface area contributed by atoms with E-state index < -0.39 is 0 Å². The number of benzene rings is 3. The Labute approximate surface area is 243 Å². The van der Waals surface area contributed by atoms with E-state index >= 15 is 0 Å². The molecule has 1 fully saturated rings. The first kappa shape index (κ1) is 28.6. The molecule has 2 heterocycles. The minimum Gasteiger partial charge on any atom is -0.379 e. The van der Waals surface area contributed by atoms with Gasteiger partial charge in [-0.25, -0.2) is 9.78 Å². The van der Waals surface area contributed by atoms with Gasteiger partial charge in [-0.3, -0.25) is 4.90 Å². The zero-order chi connectivity index (χ0) is 28.4. The summed E-state index contributed by atoms with van der Waals surface area (Å²) in [5.41, 5.74) is 3.45. The van der Waals surface area contributed by atoms with Crippen LogP contribution in [-0.2, 0) is 17.8 Å². The molecule has 1 aliphatic heterocycles. The number of amides is 2. The number of urea groups is 1. The molecule has 0 radical (unpaired) electrons. The summed E-state index contributed by atoms with van der Waals surface area (Å²) in [4.78, 5) is 24.6. The number of hydrogen-bond donors (Lipinski definition) is 1. The molecule has 0 bridgehead atoms. The van der Waals surface area contributed by atoms with Crippen molar-refractivity contribution in [2.24, 2.45) is 0 Å². The van der Waals surface area contributed by atoms with Crippen LogP contribution >= 0.6 is 0 Å². The molecule has 1 N–H and O–H groups in total. The van der Waals surface area contributed by atoms with Gasteiger partial charge in [0.25, 0.3) is 0 Å². The second-order valence-corrected chi connectivity index (χ2v) is 10.8. The van der Waals surface area contributed by atoms with Gasteiger partial charge in [-0.15, -0.1) is 0 Å². The van der Waals surface area contributed by atoms with Gasteiger partial charge in [-0.2, -0.15) is 0 Å². The average Bonchev–Trinajstić information content (AvgIpc) is 3.02. The van der Waals surface area contributed by atoms with Crippen molar-refractivity contribution in [2.75, 3.05) is 51.3 Å². The van der Waals surface area contributed by atoms with Gasteiger partial charge in [-0.05, 0) is 52.9 Å². The van der Waals surface area contributed by atoms with Crippen LogP contribution in [0.4, 0.5) is 10.6 Å². The van der Waals surface area contributed by atoms with Gasteiger partial charge in [-0.1, -0.05) is 72.8 Å². The summed E-state index contributed by atoms with van der Waals surface area (Å²) in [5, 5.41) is 5.65. The van der Waals surface area contributed by atoms with Crippen molar-refractivity contribution in [2.45, 2.75) is 32.5 Å². The van der Waals surface area contributed by atoms with Gasteiger partial charge < -0.3 is 19.9 Å². The third-order valence-corrected chi connectivity index (χ3v) is 7.78. The molecule has 1 saturated heterocycles. The molecule has 2 amide bonds. The van der Waals surface area contributed by atoms with Crippen molar-refractivity contribution >= 4 is 22.6 Å². The van der Waals surface area contributed by atoms with Crippen LogP contribution in [0, 0.1) is 0 Å². The fraction of sp³-hybridized carbons (Fsp3) is 0.353. The van der Waals surface area contributed by atoms with Crippen LogP contribution in [0.5, 0.6) is 0 Å². The first-order valence-electron chi connectivity index (χ1n) is 14.6. The predicted octanol–water partition coefficient (Wildman–Crippen LogP) is 5.87. The summed E-state index contributed by atoms with van der Waals surface area (Å²) in [7, 11) is 2.05. The summed E-state index contributed by atoms with van der Waals surface area (Å²) in [6.07, 6.45) is 2.73. The molecule has 7 heteroatoms. The number of morpholine rings is 1. The van der Waals surface area contributed by atoms with Crippen LogP contribution in [0.15, 0.2) is 91.1 Å². The van der Waals surface area contributed by atoms with E-state index in [-0.39, 0.29) is 12.1 Å². The minimum atomic E-state index is -0.111. The van der Waals surface area contributed by atoms with Crippen molar-refractivity contribution in [3.05, 3.63) is 108 Å². The third-order valence-electron chi connectivity index (χ3n) is 7.78. The monoisotopic (exact) mass is 551 g/mol. The Morgan fingerprint density at radius 2 is 1.63 bits per heavy atom. The van der Waals surface area contributed by atoms with E-state index in [0.717, 1.165) is 62.8 Å². The van der Waals surface area contributed by atoms with Crippen LogP contribution in [0.2, 0.25) is 0 Å². The van der Waals surface area contributed by atoms with E-state index in [2.05, 4.69) is 87.7 Å². The maximum Gasteiger partial charge on any atom is 0.318 e. The normalized spacial score (nSPS) is 14.5. The summed E-state index contributed by atoms with van der Waals surface area (Å²) in [6.45, 7) is 8.54. The largest absolute Gasteiger partial charge is 0.379 e. The maximum absolute atomic E-state index is 13.7. The standard InChI is InChI=1S/C34H41N5O2/c1-27(31-12-7-10-30-9-3-4-11-32(30)31)36-34(40)39(20-8-19-38-21-23-41-24-22-38)26-29-16-14-28(15-17-29)25-37(2)33-13-5-6-18-35-33/h3-7,9-18,27H,8,19-26H2,1-2H3,(H,36,40)/t27-/m0/s1. The summed E-state index contributed by atoms with van der Waals surface area (Å²) in [6, 6.07) is 29.0. The Morgan fingerprint density at radius 1 is 0.927 bits per heavy atom. The molecule has 4 aromatic rings. The van der Waals surface area contributed by atoms with E-state index in [1.165, 1.54) is 16.3 Å². The van der Waals surface area contributed by atoms with E-state index in [1.807, 2.05) is 42.4 Å². The highest BCUT2D eigenvalue weighted by atomic mass is 16.5. The summed E-state index contributed by atoms with van der Waals surface area (Å²) >= 11 is 0. The first-order chi connectivity index (χ1) is 20.1. The van der Waals surface area contributed by atoms with E-state index in [0.29, 0.717) is 13.1 Å². The van der Waals surface area contributed by atoms with E-state index in [1.54, 1.807) is 0 Å². The molecular formula is C34H41N5O2. The van der Waals surface area contributed by atoms with Gasteiger partial charge in [0.1, 0.15) is 5.82 Å². The van der Waals surface area contributed by atoms with Crippen molar-refractivity contribution in [1.29, 1.82) is 0 Å². The second kappa shape index (κ2) is 14.1. The number of nitrogens with zero attached hydrogens (tertiary/aromatic N) is 4. The van der Waals surface area contributed by atoms with E-state index in [4.69, 9.17) is 4.74 Å². The summed E-state index contributed by atoms with van der Waals surface area (Å²) in [5.74, 6) is 0.944. The highest BCUT2D eigenvalue weighted by Crippen LogP contribution is 2.24. The third kappa shape index (κ3) is 7.84. The van der Waals surface area contributed by atoms with E-state index in [9.17, 15) is 4.79 Å². The zero-order valence-electron chi connectivity index (χ0n) is 24.2. The van der Waals surface area contributed by atoms with Crippen LogP contribution in [0.25, 0.3) is 10.8 Å². The molecule has 0 spiro atoms. The molecule has 214 valence electrons. The molecule has 7 nitrogen and oxygen atoms in total. The number of pyridine rings is 1. The smallest absolute Gasteiger partial charge is 0.318 e. The Balaban J connectivity index is 1.25. The number of rotatable bonds is 11. The van der Waals surface area contributed by atoms with Crippen LogP contribution in [0.3, 0.4) is 0 Å². The molecular weight excluding hydrogens is 510 g/mol. The Morgan fingerprint density at radius 3 is 2.39 bits per heavy atom. The lowest BCUT2D eigenvalue weighted by molar-refractivity contribution is 0.0364. The Bertz CT molecular complexity index is 1380. The quantitative estimate of drug-likeness (QED) is 0.253. The molecule has 0 aliphatic carbocycles. The lowest BCUT2D eigenvalue weighted by Gasteiger charge is -2.29. The van der Waals surface area contributed by atoms with Gasteiger partial charge in [0.2, 0.25) is 0 Å². The highest BCUT2D eigenvalue weighted by molar-refractivity contribution is 5.86.